The summed E-state index contributed by atoms with van der Waals surface area (Å²) in [6, 6.07) is 11.0. The molecule has 7 nitrogen and oxygen atoms in total. The Kier molecular flexibility index (Phi) is 4.84. The molecule has 0 fully saturated rings. The average molecular weight is 335 g/mol. The average Bonchev–Trinajstić information content (AvgIpc) is 2.96. The Labute approximate surface area is 144 Å². The first-order valence-corrected chi connectivity index (χ1v) is 7.72. The van der Waals surface area contributed by atoms with E-state index in [2.05, 4.69) is 25.8 Å². The predicted molar refractivity (Wildman–Crippen MR) is 95.3 cm³/mol. The number of carbonyl (C=O) groups excluding carboxylic acids is 2. The molecule has 3 rings (SSSR count). The van der Waals surface area contributed by atoms with E-state index in [0.717, 1.165) is 22.2 Å². The number of pyridine rings is 1. The Bertz CT molecular complexity index is 931. The van der Waals surface area contributed by atoms with Gasteiger partial charge in [0.2, 0.25) is 0 Å². The fraction of sp³-hybridized carbons (Fsp3) is 0.111. The minimum absolute atomic E-state index is 0.161. The third-order valence-electron chi connectivity index (χ3n) is 3.68. The Balaban J connectivity index is 1.56. The van der Waals surface area contributed by atoms with Gasteiger partial charge in [-0.3, -0.25) is 14.6 Å². The number of para-hydroxylation sites is 1. The van der Waals surface area contributed by atoms with Crippen molar-refractivity contribution in [2.24, 2.45) is 5.10 Å². The third-order valence-corrected chi connectivity index (χ3v) is 3.68. The smallest absolute Gasteiger partial charge is 0.259 e. The Morgan fingerprint density at radius 2 is 1.96 bits per heavy atom. The second-order valence-electron chi connectivity index (χ2n) is 5.42. The number of hydrogen-bond acceptors (Lipinski definition) is 4. The van der Waals surface area contributed by atoms with Crippen molar-refractivity contribution >= 4 is 28.9 Å². The fourth-order valence-electron chi connectivity index (χ4n) is 2.44. The molecule has 0 saturated carbocycles. The van der Waals surface area contributed by atoms with Crippen molar-refractivity contribution in [3.8, 4) is 0 Å². The van der Waals surface area contributed by atoms with Crippen LogP contribution in [-0.4, -0.2) is 34.5 Å². The minimum Gasteiger partial charge on any atom is -0.358 e. The van der Waals surface area contributed by atoms with Crippen LogP contribution in [0.2, 0.25) is 0 Å². The highest BCUT2D eigenvalue weighted by molar-refractivity contribution is 6.01. The van der Waals surface area contributed by atoms with Gasteiger partial charge in [-0.1, -0.05) is 18.2 Å². The van der Waals surface area contributed by atoms with E-state index in [9.17, 15) is 9.59 Å². The maximum atomic E-state index is 11.8. The van der Waals surface area contributed by atoms with Gasteiger partial charge in [0.1, 0.15) is 0 Å². The second-order valence-corrected chi connectivity index (χ2v) is 5.42. The van der Waals surface area contributed by atoms with Crippen LogP contribution in [0.1, 0.15) is 21.6 Å². The van der Waals surface area contributed by atoms with Crippen molar-refractivity contribution in [2.75, 3.05) is 6.54 Å². The first-order valence-electron chi connectivity index (χ1n) is 7.72. The molecule has 7 heteroatoms. The van der Waals surface area contributed by atoms with Crippen molar-refractivity contribution in [2.45, 2.75) is 6.92 Å². The zero-order valence-electron chi connectivity index (χ0n) is 13.6. The van der Waals surface area contributed by atoms with E-state index in [1.54, 1.807) is 18.3 Å². The number of hydrazone groups is 1. The molecule has 2 aromatic heterocycles. The maximum Gasteiger partial charge on any atom is 0.259 e. The van der Waals surface area contributed by atoms with Gasteiger partial charge in [0, 0.05) is 40.1 Å². The molecule has 126 valence electrons. The molecule has 0 bridgehead atoms. The van der Waals surface area contributed by atoms with Crippen molar-refractivity contribution in [1.82, 2.24) is 20.7 Å². The van der Waals surface area contributed by atoms with Crippen LogP contribution in [0.15, 0.2) is 53.9 Å². The molecule has 25 heavy (non-hydrogen) atoms. The first-order chi connectivity index (χ1) is 12.1. The third kappa shape index (κ3) is 3.89. The van der Waals surface area contributed by atoms with Gasteiger partial charge in [0.15, 0.2) is 0 Å². The fourth-order valence-corrected chi connectivity index (χ4v) is 2.44. The molecule has 0 unspecified atom stereocenters. The number of H-pyrrole nitrogens is 1. The molecule has 3 aromatic rings. The highest BCUT2D eigenvalue weighted by Crippen LogP contribution is 2.19. The van der Waals surface area contributed by atoms with E-state index in [1.165, 1.54) is 12.4 Å². The number of fused-ring (bicyclic) bond motifs is 1. The van der Waals surface area contributed by atoms with E-state index >= 15 is 0 Å². The summed E-state index contributed by atoms with van der Waals surface area (Å²) in [5, 5.41) is 7.53. The molecule has 0 saturated heterocycles. The Hall–Kier alpha value is -3.48. The largest absolute Gasteiger partial charge is 0.358 e. The summed E-state index contributed by atoms with van der Waals surface area (Å²) in [6.45, 7) is 1.78. The van der Waals surface area contributed by atoms with Crippen molar-refractivity contribution in [3.63, 3.8) is 0 Å². The molecule has 0 spiro atoms. The standard InChI is InChI=1S/C18H17N5O2/c1-12-15(14-4-2-3-5-16(14)22-12)10-21-23-17(24)11-20-18(25)13-6-8-19-9-7-13/h2-10,22H,11H2,1H3,(H,20,25)(H,23,24)/b21-10+. The molecular weight excluding hydrogens is 318 g/mol. The highest BCUT2D eigenvalue weighted by atomic mass is 16.2. The summed E-state index contributed by atoms with van der Waals surface area (Å²) in [6.07, 6.45) is 4.63. The number of nitrogens with zero attached hydrogens (tertiary/aromatic N) is 2. The number of aromatic nitrogens is 2. The zero-order chi connectivity index (χ0) is 17.6. The molecule has 2 heterocycles. The van der Waals surface area contributed by atoms with E-state index in [-0.39, 0.29) is 12.5 Å². The molecule has 1 aromatic carbocycles. The summed E-state index contributed by atoms with van der Waals surface area (Å²) in [5.41, 5.74) is 5.74. The van der Waals surface area contributed by atoms with Crippen molar-refractivity contribution in [3.05, 3.63) is 65.6 Å². The summed E-state index contributed by atoms with van der Waals surface area (Å²) in [5.74, 6) is -0.745. The molecule has 0 aliphatic carbocycles. The molecule has 0 aliphatic rings. The quantitative estimate of drug-likeness (QED) is 0.489. The SMILES string of the molecule is Cc1[nH]c2ccccc2c1/C=N/NC(=O)CNC(=O)c1ccncc1. The number of carbonyl (C=O) groups is 2. The van der Waals surface area contributed by atoms with Crippen LogP contribution in [0.3, 0.4) is 0 Å². The van der Waals surface area contributed by atoms with E-state index in [0.29, 0.717) is 5.56 Å². The lowest BCUT2D eigenvalue weighted by atomic mass is 10.1. The van der Waals surface area contributed by atoms with Gasteiger partial charge in [-0.25, -0.2) is 5.43 Å². The zero-order valence-corrected chi connectivity index (χ0v) is 13.6. The lowest BCUT2D eigenvalue weighted by Crippen LogP contribution is -2.34. The Morgan fingerprint density at radius 1 is 1.20 bits per heavy atom. The number of nitrogens with one attached hydrogen (secondary N) is 3. The number of hydrogen-bond donors (Lipinski definition) is 3. The van der Waals surface area contributed by atoms with Gasteiger partial charge in [-0.2, -0.15) is 5.10 Å². The van der Waals surface area contributed by atoms with E-state index in [1.807, 2.05) is 31.2 Å². The minimum atomic E-state index is -0.406. The summed E-state index contributed by atoms with van der Waals surface area (Å²) >= 11 is 0. The second kappa shape index (κ2) is 7.39. The normalized spacial score (nSPS) is 10.9. The van der Waals surface area contributed by atoms with Crippen molar-refractivity contribution < 1.29 is 9.59 Å². The molecule has 0 radical (unpaired) electrons. The lowest BCUT2D eigenvalue weighted by Gasteiger charge is -2.03. The molecule has 3 N–H and O–H groups in total. The monoisotopic (exact) mass is 335 g/mol. The van der Waals surface area contributed by atoms with Crippen LogP contribution in [0.4, 0.5) is 0 Å². The van der Waals surface area contributed by atoms with Gasteiger partial charge in [-0.15, -0.1) is 0 Å². The van der Waals surface area contributed by atoms with Gasteiger partial charge in [0.05, 0.1) is 12.8 Å². The highest BCUT2D eigenvalue weighted by Gasteiger charge is 2.08. The van der Waals surface area contributed by atoms with Crippen LogP contribution in [0, 0.1) is 6.92 Å². The van der Waals surface area contributed by atoms with Gasteiger partial charge >= 0.3 is 0 Å². The predicted octanol–water partition coefficient (Wildman–Crippen LogP) is 1.75. The van der Waals surface area contributed by atoms with Crippen LogP contribution in [0.5, 0.6) is 0 Å². The van der Waals surface area contributed by atoms with Crippen LogP contribution >= 0.6 is 0 Å². The van der Waals surface area contributed by atoms with Crippen LogP contribution < -0.4 is 10.7 Å². The summed E-state index contributed by atoms with van der Waals surface area (Å²) in [4.78, 5) is 30.7. The van der Waals surface area contributed by atoms with Crippen molar-refractivity contribution in [1.29, 1.82) is 0 Å². The molecule has 0 atom stereocenters. The number of amides is 2. The van der Waals surface area contributed by atoms with Crippen LogP contribution in [-0.2, 0) is 4.79 Å². The van der Waals surface area contributed by atoms with Gasteiger partial charge < -0.3 is 10.3 Å². The summed E-state index contributed by atoms with van der Waals surface area (Å²) in [7, 11) is 0. The topological polar surface area (TPSA) is 99.2 Å². The van der Waals surface area contributed by atoms with Crippen LogP contribution in [0.25, 0.3) is 10.9 Å². The maximum absolute atomic E-state index is 11.8. The van der Waals surface area contributed by atoms with E-state index < -0.39 is 5.91 Å². The number of rotatable bonds is 5. The van der Waals surface area contributed by atoms with Gasteiger partial charge in [0.25, 0.3) is 11.8 Å². The number of aryl methyl sites for hydroxylation is 1. The first kappa shape index (κ1) is 16.4. The van der Waals surface area contributed by atoms with Gasteiger partial charge in [-0.05, 0) is 25.1 Å². The Morgan fingerprint density at radius 3 is 2.76 bits per heavy atom. The molecule has 0 aliphatic heterocycles. The molecule has 2 amide bonds. The lowest BCUT2D eigenvalue weighted by molar-refractivity contribution is -0.120. The number of benzene rings is 1. The van der Waals surface area contributed by atoms with E-state index in [4.69, 9.17) is 0 Å². The molecular formula is C18H17N5O2. The summed E-state index contributed by atoms with van der Waals surface area (Å²) < 4.78 is 0. The number of aromatic amines is 1.